The molecule has 2 saturated carbocycles. The van der Waals surface area contributed by atoms with Gasteiger partial charge in [0.25, 0.3) is 0 Å². The molecule has 0 N–H and O–H groups in total. The predicted molar refractivity (Wildman–Crippen MR) is 112 cm³/mol. The number of rotatable bonds is 6. The zero-order valence-electron chi connectivity index (χ0n) is 18.2. The van der Waals surface area contributed by atoms with Crippen molar-refractivity contribution in [2.75, 3.05) is 13.7 Å². The van der Waals surface area contributed by atoms with Crippen LogP contribution in [0.4, 0.5) is 0 Å². The van der Waals surface area contributed by atoms with Crippen LogP contribution in [0, 0.1) is 11.8 Å². The van der Waals surface area contributed by atoms with Gasteiger partial charge in [0.05, 0.1) is 13.7 Å². The number of carbonyl (C=O) groups excluding carboxylic acids is 3. The number of carbonyl (C=O) groups is 3. The van der Waals surface area contributed by atoms with Crippen LogP contribution in [0.15, 0.2) is 23.0 Å². The maximum absolute atomic E-state index is 13.4. The highest BCUT2D eigenvalue weighted by molar-refractivity contribution is 6.22. The van der Waals surface area contributed by atoms with Crippen molar-refractivity contribution in [3.05, 3.63) is 23.0 Å². The number of ether oxygens (including phenoxy) is 1. The van der Waals surface area contributed by atoms with Crippen molar-refractivity contribution in [2.24, 2.45) is 11.8 Å². The summed E-state index contributed by atoms with van der Waals surface area (Å²) in [6.07, 6.45) is 12.1. The number of methoxy groups -OCH3 is 1. The zero-order valence-corrected chi connectivity index (χ0v) is 18.2. The molecular weight excluding hydrogens is 366 g/mol. The Morgan fingerprint density at radius 3 is 2.17 bits per heavy atom. The quantitative estimate of drug-likeness (QED) is 0.620. The third-order valence-corrected chi connectivity index (χ3v) is 6.69. The van der Waals surface area contributed by atoms with Gasteiger partial charge in [-0.3, -0.25) is 14.4 Å². The van der Waals surface area contributed by atoms with Gasteiger partial charge in [-0.05, 0) is 37.7 Å². The SMILES string of the molecule is COC1=C(C(C)C)C(=O)C=C(CN(C(=O)C2CCCCC2)C2CCCCC2)C1=O. The van der Waals surface area contributed by atoms with Gasteiger partial charge in [-0.2, -0.15) is 0 Å². The largest absolute Gasteiger partial charge is 0.492 e. The lowest BCUT2D eigenvalue weighted by Crippen LogP contribution is -2.47. The first-order valence-electron chi connectivity index (χ1n) is 11.3. The second-order valence-corrected chi connectivity index (χ2v) is 9.06. The van der Waals surface area contributed by atoms with Gasteiger partial charge in [-0.25, -0.2) is 0 Å². The van der Waals surface area contributed by atoms with E-state index in [9.17, 15) is 14.4 Å². The van der Waals surface area contributed by atoms with Crippen LogP contribution < -0.4 is 0 Å². The summed E-state index contributed by atoms with van der Waals surface area (Å²) in [7, 11) is 1.44. The first kappa shape index (κ1) is 21.8. The number of hydrogen-bond acceptors (Lipinski definition) is 4. The van der Waals surface area contributed by atoms with Crippen LogP contribution in [-0.4, -0.2) is 42.1 Å². The molecule has 3 aliphatic rings. The van der Waals surface area contributed by atoms with Gasteiger partial charge >= 0.3 is 0 Å². The Labute approximate surface area is 174 Å². The molecule has 160 valence electrons. The van der Waals surface area contributed by atoms with E-state index in [0.29, 0.717) is 11.1 Å². The minimum absolute atomic E-state index is 0.0596. The van der Waals surface area contributed by atoms with E-state index in [4.69, 9.17) is 4.74 Å². The van der Waals surface area contributed by atoms with Crippen molar-refractivity contribution in [1.29, 1.82) is 0 Å². The Kier molecular flexibility index (Phi) is 7.31. The molecule has 0 atom stereocenters. The first-order chi connectivity index (χ1) is 13.9. The van der Waals surface area contributed by atoms with Crippen LogP contribution in [0.5, 0.6) is 0 Å². The van der Waals surface area contributed by atoms with E-state index in [0.717, 1.165) is 51.4 Å². The Bertz CT molecular complexity index is 706. The highest BCUT2D eigenvalue weighted by Gasteiger charge is 2.36. The van der Waals surface area contributed by atoms with Crippen LogP contribution in [0.3, 0.4) is 0 Å². The van der Waals surface area contributed by atoms with Gasteiger partial charge in [-0.15, -0.1) is 0 Å². The maximum atomic E-state index is 13.4. The van der Waals surface area contributed by atoms with Crippen LogP contribution in [-0.2, 0) is 19.1 Å². The minimum Gasteiger partial charge on any atom is -0.492 e. The van der Waals surface area contributed by atoms with Crippen LogP contribution in [0.2, 0.25) is 0 Å². The molecule has 5 nitrogen and oxygen atoms in total. The molecule has 0 bridgehead atoms. The molecule has 5 heteroatoms. The summed E-state index contributed by atoms with van der Waals surface area (Å²) in [5.41, 5.74) is 0.829. The van der Waals surface area contributed by atoms with Gasteiger partial charge in [0.15, 0.2) is 11.5 Å². The smallest absolute Gasteiger partial charge is 0.226 e. The van der Waals surface area contributed by atoms with Crippen LogP contribution >= 0.6 is 0 Å². The fourth-order valence-corrected chi connectivity index (χ4v) is 5.10. The molecule has 0 saturated heterocycles. The van der Waals surface area contributed by atoms with Crippen molar-refractivity contribution >= 4 is 17.5 Å². The number of Topliss-reactive ketones (excluding diaryl/α,β-unsaturated/α-hetero) is 1. The van der Waals surface area contributed by atoms with Crippen molar-refractivity contribution in [1.82, 2.24) is 4.90 Å². The second-order valence-electron chi connectivity index (χ2n) is 9.06. The Hall–Kier alpha value is -1.91. The lowest BCUT2D eigenvalue weighted by molar-refractivity contribution is -0.139. The maximum Gasteiger partial charge on any atom is 0.226 e. The summed E-state index contributed by atoms with van der Waals surface area (Å²) < 4.78 is 5.35. The first-order valence-corrected chi connectivity index (χ1v) is 11.3. The van der Waals surface area contributed by atoms with Crippen molar-refractivity contribution in [2.45, 2.75) is 84.1 Å². The molecular formula is C24H35NO4. The lowest BCUT2D eigenvalue weighted by atomic mass is 9.85. The molecule has 0 radical (unpaired) electrons. The molecule has 3 aliphatic carbocycles. The minimum atomic E-state index is -0.243. The fourth-order valence-electron chi connectivity index (χ4n) is 5.10. The zero-order chi connectivity index (χ0) is 21.0. The van der Waals surface area contributed by atoms with E-state index in [2.05, 4.69) is 0 Å². The fraction of sp³-hybridized carbons (Fsp3) is 0.708. The molecule has 0 aliphatic heterocycles. The predicted octanol–water partition coefficient (Wildman–Crippen LogP) is 4.36. The molecule has 0 unspecified atom stereocenters. The Balaban J connectivity index is 1.85. The molecule has 0 aromatic heterocycles. The summed E-state index contributed by atoms with van der Waals surface area (Å²) in [6.45, 7) is 4.00. The van der Waals surface area contributed by atoms with Gasteiger partial charge in [-0.1, -0.05) is 52.4 Å². The average Bonchev–Trinajstić information content (AvgIpc) is 2.74. The third-order valence-electron chi connectivity index (χ3n) is 6.69. The van der Waals surface area contributed by atoms with Crippen molar-refractivity contribution in [3.8, 4) is 0 Å². The molecule has 0 aromatic carbocycles. The van der Waals surface area contributed by atoms with E-state index >= 15 is 0 Å². The molecule has 29 heavy (non-hydrogen) atoms. The monoisotopic (exact) mass is 401 g/mol. The normalized spacial score (nSPS) is 22.1. The highest BCUT2D eigenvalue weighted by atomic mass is 16.5. The van der Waals surface area contributed by atoms with Gasteiger partial charge in [0.2, 0.25) is 11.7 Å². The summed E-state index contributed by atoms with van der Waals surface area (Å²) in [6, 6.07) is 0.170. The molecule has 1 amide bonds. The van der Waals surface area contributed by atoms with E-state index in [1.165, 1.54) is 26.0 Å². The van der Waals surface area contributed by atoms with Crippen LogP contribution in [0.1, 0.15) is 78.1 Å². The highest BCUT2D eigenvalue weighted by Crippen LogP contribution is 2.32. The van der Waals surface area contributed by atoms with E-state index in [1.807, 2.05) is 18.7 Å². The molecule has 3 rings (SSSR count). The summed E-state index contributed by atoms with van der Waals surface area (Å²) >= 11 is 0. The van der Waals surface area contributed by atoms with Crippen LogP contribution in [0.25, 0.3) is 0 Å². The van der Waals surface area contributed by atoms with Gasteiger partial charge < -0.3 is 9.64 Å². The number of hydrogen-bond donors (Lipinski definition) is 0. The average molecular weight is 402 g/mol. The number of nitrogens with zero attached hydrogens (tertiary/aromatic N) is 1. The third kappa shape index (κ3) is 4.81. The molecule has 0 spiro atoms. The second kappa shape index (κ2) is 9.73. The topological polar surface area (TPSA) is 63.7 Å². The summed E-state index contributed by atoms with van der Waals surface area (Å²) in [5.74, 6) is -0.110. The summed E-state index contributed by atoms with van der Waals surface area (Å²) in [4.78, 5) is 41.2. The lowest BCUT2D eigenvalue weighted by Gasteiger charge is -2.38. The molecule has 2 fully saturated rings. The number of amides is 1. The summed E-state index contributed by atoms with van der Waals surface area (Å²) in [5, 5.41) is 0. The van der Waals surface area contributed by atoms with E-state index in [1.54, 1.807) is 0 Å². The van der Waals surface area contributed by atoms with Crippen molar-refractivity contribution < 1.29 is 19.1 Å². The van der Waals surface area contributed by atoms with Gasteiger partial charge in [0, 0.05) is 23.1 Å². The molecule has 0 aromatic rings. The number of allylic oxidation sites excluding steroid dienone is 3. The molecule has 0 heterocycles. The van der Waals surface area contributed by atoms with E-state index in [-0.39, 0.29) is 47.7 Å². The standard InChI is InChI=1S/C24H35NO4/c1-16(2)21-20(26)14-18(22(27)23(21)29-3)15-25(19-12-8-5-9-13-19)24(28)17-10-6-4-7-11-17/h14,16-17,19H,4-13,15H2,1-3H3. The van der Waals surface area contributed by atoms with E-state index < -0.39 is 0 Å². The van der Waals surface area contributed by atoms with Gasteiger partial charge in [0.1, 0.15) is 0 Å². The number of ketones is 2. The van der Waals surface area contributed by atoms with Crippen molar-refractivity contribution in [3.63, 3.8) is 0 Å². The Morgan fingerprint density at radius 2 is 1.62 bits per heavy atom. The Morgan fingerprint density at radius 1 is 1.03 bits per heavy atom.